The molecule has 106 valence electrons. The average Bonchev–Trinajstić information content (AvgIpc) is 3.00. The zero-order valence-corrected chi connectivity index (χ0v) is 12.5. The number of carbonyl (C=O) groups is 1. The summed E-state index contributed by atoms with van der Waals surface area (Å²) in [5, 5.41) is 6.21. The molecule has 0 fully saturated rings. The molecule has 0 aliphatic heterocycles. The van der Waals surface area contributed by atoms with Crippen molar-refractivity contribution in [3.8, 4) is 0 Å². The Labute approximate surface area is 122 Å². The van der Waals surface area contributed by atoms with Gasteiger partial charge in [0.15, 0.2) is 0 Å². The second-order valence-electron chi connectivity index (χ2n) is 4.19. The molecule has 0 saturated heterocycles. The first-order valence-electron chi connectivity index (χ1n) is 6.62. The van der Waals surface area contributed by atoms with Crippen LogP contribution in [0.3, 0.4) is 0 Å². The van der Waals surface area contributed by atoms with Gasteiger partial charge >= 0.3 is 0 Å². The monoisotopic (exact) mass is 290 g/mol. The fourth-order valence-corrected chi connectivity index (χ4v) is 2.40. The molecule has 1 amide bonds. The lowest BCUT2D eigenvalue weighted by atomic mass is 10.2. The van der Waals surface area contributed by atoms with Gasteiger partial charge in [-0.25, -0.2) is 4.98 Å². The predicted molar refractivity (Wildman–Crippen MR) is 80.9 cm³/mol. The Hall–Kier alpha value is -1.95. The van der Waals surface area contributed by atoms with Crippen molar-refractivity contribution in [2.45, 2.75) is 20.4 Å². The summed E-state index contributed by atoms with van der Waals surface area (Å²) in [6, 6.07) is 3.64. The lowest BCUT2D eigenvalue weighted by molar-refractivity contribution is 0.0767. The second kappa shape index (κ2) is 7.00. The smallest absolute Gasteiger partial charge is 0.272 e. The standard InChI is InChI=1S/C14H18N4OS/c1-3-18(4-2)14(19)12-9-11(5-6-15-12)17-10-13-16-7-8-20-13/h5-9H,3-4,10H2,1-2H3,(H,15,17). The highest BCUT2D eigenvalue weighted by atomic mass is 32.1. The number of rotatable bonds is 6. The van der Waals surface area contributed by atoms with Crippen LogP contribution in [0.2, 0.25) is 0 Å². The van der Waals surface area contributed by atoms with Gasteiger partial charge in [-0.3, -0.25) is 9.78 Å². The zero-order chi connectivity index (χ0) is 14.4. The molecule has 0 bridgehead atoms. The fraction of sp³-hybridized carbons (Fsp3) is 0.357. The largest absolute Gasteiger partial charge is 0.378 e. The Kier molecular flexibility index (Phi) is 5.06. The van der Waals surface area contributed by atoms with Crippen molar-refractivity contribution in [3.63, 3.8) is 0 Å². The van der Waals surface area contributed by atoms with Gasteiger partial charge in [0.1, 0.15) is 10.7 Å². The molecule has 2 aromatic rings. The van der Waals surface area contributed by atoms with Crippen LogP contribution in [-0.2, 0) is 6.54 Å². The van der Waals surface area contributed by atoms with E-state index in [9.17, 15) is 4.79 Å². The summed E-state index contributed by atoms with van der Waals surface area (Å²) in [5.74, 6) is -0.0344. The van der Waals surface area contributed by atoms with Crippen molar-refractivity contribution in [2.24, 2.45) is 0 Å². The highest BCUT2D eigenvalue weighted by molar-refractivity contribution is 7.09. The molecule has 0 unspecified atom stereocenters. The summed E-state index contributed by atoms with van der Waals surface area (Å²) in [5.41, 5.74) is 1.35. The van der Waals surface area contributed by atoms with Crippen molar-refractivity contribution in [2.75, 3.05) is 18.4 Å². The number of aromatic nitrogens is 2. The summed E-state index contributed by atoms with van der Waals surface area (Å²) in [4.78, 5) is 22.3. The van der Waals surface area contributed by atoms with Gasteiger partial charge in [0.25, 0.3) is 5.91 Å². The molecule has 0 spiro atoms. The van der Waals surface area contributed by atoms with Crippen LogP contribution in [0.5, 0.6) is 0 Å². The zero-order valence-electron chi connectivity index (χ0n) is 11.7. The van der Waals surface area contributed by atoms with Crippen molar-refractivity contribution < 1.29 is 4.79 Å². The molecule has 2 aromatic heterocycles. The molecule has 0 radical (unpaired) electrons. The maximum atomic E-state index is 12.2. The maximum absolute atomic E-state index is 12.2. The van der Waals surface area contributed by atoms with E-state index in [2.05, 4.69) is 15.3 Å². The summed E-state index contributed by atoms with van der Waals surface area (Å²) >= 11 is 1.60. The van der Waals surface area contributed by atoms with Crippen LogP contribution in [0, 0.1) is 0 Å². The van der Waals surface area contributed by atoms with Crippen LogP contribution in [0.15, 0.2) is 29.9 Å². The number of thiazole rings is 1. The van der Waals surface area contributed by atoms with E-state index in [4.69, 9.17) is 0 Å². The van der Waals surface area contributed by atoms with Crippen LogP contribution < -0.4 is 5.32 Å². The first-order valence-corrected chi connectivity index (χ1v) is 7.50. The summed E-state index contributed by atoms with van der Waals surface area (Å²) in [6.07, 6.45) is 3.43. The van der Waals surface area contributed by atoms with Crippen LogP contribution >= 0.6 is 11.3 Å². The van der Waals surface area contributed by atoms with Gasteiger partial charge in [0, 0.05) is 36.6 Å². The molecule has 0 aliphatic carbocycles. The normalized spacial score (nSPS) is 10.3. The minimum absolute atomic E-state index is 0.0344. The predicted octanol–water partition coefficient (Wildman–Crippen LogP) is 2.63. The van der Waals surface area contributed by atoms with E-state index in [0.717, 1.165) is 10.7 Å². The number of nitrogens with one attached hydrogen (secondary N) is 1. The quantitative estimate of drug-likeness (QED) is 0.888. The summed E-state index contributed by atoms with van der Waals surface area (Å²) in [7, 11) is 0. The number of hydrogen-bond acceptors (Lipinski definition) is 5. The van der Waals surface area contributed by atoms with Crippen molar-refractivity contribution in [1.82, 2.24) is 14.9 Å². The maximum Gasteiger partial charge on any atom is 0.272 e. The van der Waals surface area contributed by atoms with Gasteiger partial charge in [0.2, 0.25) is 0 Å². The first-order chi connectivity index (χ1) is 9.74. The number of pyridine rings is 1. The number of anilines is 1. The number of hydrogen-bond donors (Lipinski definition) is 1. The van der Waals surface area contributed by atoms with Gasteiger partial charge < -0.3 is 10.2 Å². The van der Waals surface area contributed by atoms with E-state index in [-0.39, 0.29) is 5.91 Å². The van der Waals surface area contributed by atoms with E-state index in [0.29, 0.717) is 25.3 Å². The van der Waals surface area contributed by atoms with Crippen LogP contribution in [0.25, 0.3) is 0 Å². The van der Waals surface area contributed by atoms with Crippen LogP contribution in [-0.4, -0.2) is 33.9 Å². The fourth-order valence-electron chi connectivity index (χ4n) is 1.85. The first kappa shape index (κ1) is 14.5. The van der Waals surface area contributed by atoms with Gasteiger partial charge in [-0.1, -0.05) is 0 Å². The average molecular weight is 290 g/mol. The molecule has 2 heterocycles. The van der Waals surface area contributed by atoms with E-state index < -0.39 is 0 Å². The minimum Gasteiger partial charge on any atom is -0.378 e. The van der Waals surface area contributed by atoms with Gasteiger partial charge in [-0.2, -0.15) is 0 Å². The molecule has 0 aliphatic rings. The topological polar surface area (TPSA) is 58.1 Å². The minimum atomic E-state index is -0.0344. The molecule has 0 atom stereocenters. The van der Waals surface area contributed by atoms with Crippen molar-refractivity contribution in [1.29, 1.82) is 0 Å². The molecule has 2 rings (SSSR count). The van der Waals surface area contributed by atoms with E-state index in [1.807, 2.05) is 25.3 Å². The van der Waals surface area contributed by atoms with Crippen LogP contribution in [0.4, 0.5) is 5.69 Å². The molecule has 6 heteroatoms. The lowest BCUT2D eigenvalue weighted by Gasteiger charge is -2.18. The molecule has 0 aromatic carbocycles. The molecular weight excluding hydrogens is 272 g/mol. The molecule has 1 N–H and O–H groups in total. The number of amides is 1. The highest BCUT2D eigenvalue weighted by Crippen LogP contribution is 2.12. The summed E-state index contributed by atoms with van der Waals surface area (Å²) < 4.78 is 0. The summed E-state index contributed by atoms with van der Waals surface area (Å²) in [6.45, 7) is 5.96. The SMILES string of the molecule is CCN(CC)C(=O)c1cc(NCc2nccs2)ccn1. The third-order valence-electron chi connectivity index (χ3n) is 2.96. The molecule has 20 heavy (non-hydrogen) atoms. The Balaban J connectivity index is 2.05. The third-order valence-corrected chi connectivity index (χ3v) is 3.74. The molecule has 0 saturated carbocycles. The van der Waals surface area contributed by atoms with Gasteiger partial charge in [-0.05, 0) is 26.0 Å². The Bertz CT molecular complexity index is 552. The van der Waals surface area contributed by atoms with Crippen LogP contribution in [0.1, 0.15) is 29.3 Å². The van der Waals surface area contributed by atoms with E-state index >= 15 is 0 Å². The Morgan fingerprint density at radius 1 is 1.30 bits per heavy atom. The lowest BCUT2D eigenvalue weighted by Crippen LogP contribution is -2.31. The van der Waals surface area contributed by atoms with Crippen molar-refractivity contribution in [3.05, 3.63) is 40.6 Å². The Morgan fingerprint density at radius 3 is 2.75 bits per heavy atom. The van der Waals surface area contributed by atoms with E-state index in [1.54, 1.807) is 34.7 Å². The third kappa shape index (κ3) is 3.54. The molecular formula is C14H18N4OS. The van der Waals surface area contributed by atoms with Gasteiger partial charge in [0.05, 0.1) is 6.54 Å². The van der Waals surface area contributed by atoms with Crippen molar-refractivity contribution >= 4 is 22.9 Å². The van der Waals surface area contributed by atoms with Gasteiger partial charge in [-0.15, -0.1) is 11.3 Å². The molecule has 5 nitrogen and oxygen atoms in total. The Morgan fingerprint density at radius 2 is 2.10 bits per heavy atom. The highest BCUT2D eigenvalue weighted by Gasteiger charge is 2.14. The number of carbonyl (C=O) groups excluding carboxylic acids is 1. The van der Waals surface area contributed by atoms with E-state index in [1.165, 1.54) is 0 Å². The number of nitrogens with zero attached hydrogens (tertiary/aromatic N) is 3. The second-order valence-corrected chi connectivity index (χ2v) is 5.17.